The third-order valence-corrected chi connectivity index (χ3v) is 4.27. The Morgan fingerprint density at radius 3 is 2.26 bits per heavy atom. The number of hydrogen-bond acceptors (Lipinski definition) is 4. The maximum atomic E-state index is 11.8. The first-order chi connectivity index (χ1) is 8.91. The molecule has 0 aromatic rings. The summed E-state index contributed by atoms with van der Waals surface area (Å²) in [5, 5.41) is 3.16. The average molecular weight is 289 g/mol. The zero-order valence-corrected chi connectivity index (χ0v) is 13.3. The lowest BCUT2D eigenvalue weighted by Crippen LogP contribution is -2.55. The molecule has 6 heteroatoms. The molecule has 0 saturated heterocycles. The van der Waals surface area contributed by atoms with Crippen molar-refractivity contribution in [1.82, 2.24) is 10.2 Å². The SMILES string of the molecule is CCCNC(C)(CSCC(=O)N(CC)CC)C(N)=O. The summed E-state index contributed by atoms with van der Waals surface area (Å²) in [6.45, 7) is 9.92. The van der Waals surface area contributed by atoms with E-state index in [0.717, 1.165) is 26.1 Å². The molecule has 0 aliphatic rings. The molecule has 1 atom stereocenters. The van der Waals surface area contributed by atoms with Gasteiger partial charge in [-0.3, -0.25) is 9.59 Å². The molecule has 0 aromatic heterocycles. The smallest absolute Gasteiger partial charge is 0.238 e. The zero-order chi connectivity index (χ0) is 14.9. The third-order valence-electron chi connectivity index (χ3n) is 3.04. The van der Waals surface area contributed by atoms with Gasteiger partial charge in [0, 0.05) is 18.8 Å². The van der Waals surface area contributed by atoms with Gasteiger partial charge in [0.25, 0.3) is 0 Å². The number of amides is 2. The Kier molecular flexibility index (Phi) is 8.84. The molecule has 0 aliphatic heterocycles. The Balaban J connectivity index is 4.27. The molecule has 0 rings (SSSR count). The van der Waals surface area contributed by atoms with Crippen LogP contribution in [0.5, 0.6) is 0 Å². The molecule has 112 valence electrons. The molecule has 0 fully saturated rings. The van der Waals surface area contributed by atoms with Crippen molar-refractivity contribution >= 4 is 23.6 Å². The molecule has 0 bridgehead atoms. The van der Waals surface area contributed by atoms with Gasteiger partial charge in [0.1, 0.15) is 5.54 Å². The van der Waals surface area contributed by atoms with Gasteiger partial charge >= 0.3 is 0 Å². The highest BCUT2D eigenvalue weighted by atomic mass is 32.2. The summed E-state index contributed by atoms with van der Waals surface area (Å²) in [6, 6.07) is 0. The highest BCUT2D eigenvalue weighted by Gasteiger charge is 2.30. The van der Waals surface area contributed by atoms with Crippen LogP contribution < -0.4 is 11.1 Å². The van der Waals surface area contributed by atoms with E-state index in [1.807, 2.05) is 20.8 Å². The molecule has 0 radical (unpaired) electrons. The van der Waals surface area contributed by atoms with Crippen LogP contribution in [-0.4, -0.2) is 53.4 Å². The average Bonchev–Trinajstić information content (AvgIpc) is 2.37. The predicted molar refractivity (Wildman–Crippen MR) is 81.1 cm³/mol. The number of hydrogen-bond donors (Lipinski definition) is 2. The van der Waals surface area contributed by atoms with Gasteiger partial charge in [0.05, 0.1) is 5.75 Å². The van der Waals surface area contributed by atoms with Gasteiger partial charge in [-0.05, 0) is 33.7 Å². The van der Waals surface area contributed by atoms with E-state index in [0.29, 0.717) is 11.5 Å². The van der Waals surface area contributed by atoms with Crippen LogP contribution in [-0.2, 0) is 9.59 Å². The lowest BCUT2D eigenvalue weighted by molar-refractivity contribution is -0.128. The largest absolute Gasteiger partial charge is 0.368 e. The molecule has 3 N–H and O–H groups in total. The first-order valence-corrected chi connectivity index (χ1v) is 7.97. The van der Waals surface area contributed by atoms with Gasteiger partial charge in [0.15, 0.2) is 0 Å². The number of nitrogens with zero attached hydrogens (tertiary/aromatic N) is 1. The van der Waals surface area contributed by atoms with Gasteiger partial charge in [-0.2, -0.15) is 0 Å². The van der Waals surface area contributed by atoms with E-state index in [1.54, 1.807) is 11.8 Å². The second-order valence-corrected chi connectivity index (χ2v) is 5.67. The second-order valence-electron chi connectivity index (χ2n) is 4.68. The van der Waals surface area contributed by atoms with Crippen molar-refractivity contribution in [2.45, 2.75) is 39.7 Å². The van der Waals surface area contributed by atoms with E-state index in [1.165, 1.54) is 11.8 Å². The molecule has 0 spiro atoms. The van der Waals surface area contributed by atoms with Crippen LogP contribution in [0.2, 0.25) is 0 Å². The van der Waals surface area contributed by atoms with Crippen molar-refractivity contribution < 1.29 is 9.59 Å². The molecular weight excluding hydrogens is 262 g/mol. The van der Waals surface area contributed by atoms with Crippen LogP contribution in [0.25, 0.3) is 0 Å². The highest BCUT2D eigenvalue weighted by molar-refractivity contribution is 8.00. The first-order valence-electron chi connectivity index (χ1n) is 6.81. The lowest BCUT2D eigenvalue weighted by Gasteiger charge is -2.27. The molecule has 1 unspecified atom stereocenters. The van der Waals surface area contributed by atoms with E-state index in [4.69, 9.17) is 5.73 Å². The number of primary amides is 1. The second kappa shape index (κ2) is 9.20. The van der Waals surface area contributed by atoms with Gasteiger partial charge in [0.2, 0.25) is 11.8 Å². The minimum absolute atomic E-state index is 0.109. The minimum atomic E-state index is -0.746. The fraction of sp³-hybridized carbons (Fsp3) is 0.846. The standard InChI is InChI=1S/C13H27N3O2S/c1-5-8-15-13(4,12(14)18)10-19-9-11(17)16(6-2)7-3/h15H,5-10H2,1-4H3,(H2,14,18). The normalized spacial score (nSPS) is 13.9. The molecule has 0 aliphatic carbocycles. The number of carbonyl (C=O) groups is 2. The molecular formula is C13H27N3O2S. The summed E-state index contributed by atoms with van der Waals surface area (Å²) in [5.41, 5.74) is 4.68. The Morgan fingerprint density at radius 1 is 1.26 bits per heavy atom. The van der Waals surface area contributed by atoms with Crippen molar-refractivity contribution in [3.63, 3.8) is 0 Å². The highest BCUT2D eigenvalue weighted by Crippen LogP contribution is 2.14. The summed E-state index contributed by atoms with van der Waals surface area (Å²) in [4.78, 5) is 25.1. The third kappa shape index (κ3) is 6.29. The topological polar surface area (TPSA) is 75.4 Å². The number of nitrogens with two attached hydrogens (primary N) is 1. The van der Waals surface area contributed by atoms with E-state index >= 15 is 0 Å². The summed E-state index contributed by atoms with van der Waals surface area (Å²) in [7, 11) is 0. The molecule has 0 saturated carbocycles. The molecule has 2 amide bonds. The summed E-state index contributed by atoms with van der Waals surface area (Å²) in [6.07, 6.45) is 0.936. The summed E-state index contributed by atoms with van der Waals surface area (Å²) < 4.78 is 0. The number of thioether (sulfide) groups is 1. The monoisotopic (exact) mass is 289 g/mol. The Bertz CT molecular complexity index is 296. The first kappa shape index (κ1) is 18.2. The van der Waals surface area contributed by atoms with Crippen LogP contribution in [0.4, 0.5) is 0 Å². The van der Waals surface area contributed by atoms with Crippen LogP contribution in [0, 0.1) is 0 Å². The van der Waals surface area contributed by atoms with Gasteiger partial charge in [-0.25, -0.2) is 0 Å². The van der Waals surface area contributed by atoms with Crippen LogP contribution in [0.3, 0.4) is 0 Å². The maximum absolute atomic E-state index is 11.8. The Labute approximate surface area is 120 Å². The van der Waals surface area contributed by atoms with Crippen LogP contribution >= 0.6 is 11.8 Å². The Hall–Kier alpha value is -0.750. The van der Waals surface area contributed by atoms with Crippen molar-refractivity contribution in [2.75, 3.05) is 31.1 Å². The van der Waals surface area contributed by atoms with Crippen molar-refractivity contribution in [3.8, 4) is 0 Å². The predicted octanol–water partition coefficient (Wildman–Crippen LogP) is 0.832. The van der Waals surface area contributed by atoms with Gasteiger partial charge < -0.3 is 16.0 Å². The van der Waals surface area contributed by atoms with Gasteiger partial charge in [-0.15, -0.1) is 11.8 Å². The molecule has 0 aromatic carbocycles. The summed E-state index contributed by atoms with van der Waals surface area (Å²) in [5.74, 6) is 0.634. The minimum Gasteiger partial charge on any atom is -0.368 e. The quantitative estimate of drug-likeness (QED) is 0.625. The fourth-order valence-corrected chi connectivity index (χ4v) is 2.73. The Morgan fingerprint density at radius 2 is 1.84 bits per heavy atom. The van der Waals surface area contributed by atoms with E-state index in [9.17, 15) is 9.59 Å². The van der Waals surface area contributed by atoms with Crippen molar-refractivity contribution in [2.24, 2.45) is 5.73 Å². The number of rotatable bonds is 10. The van der Waals surface area contributed by atoms with E-state index < -0.39 is 5.54 Å². The molecule has 19 heavy (non-hydrogen) atoms. The lowest BCUT2D eigenvalue weighted by atomic mass is 10.1. The fourth-order valence-electron chi connectivity index (χ4n) is 1.62. The summed E-state index contributed by atoms with van der Waals surface area (Å²) >= 11 is 1.45. The maximum Gasteiger partial charge on any atom is 0.238 e. The number of carbonyl (C=O) groups excluding carboxylic acids is 2. The van der Waals surface area contributed by atoms with E-state index in [-0.39, 0.29) is 11.8 Å². The van der Waals surface area contributed by atoms with Crippen LogP contribution in [0.1, 0.15) is 34.1 Å². The zero-order valence-electron chi connectivity index (χ0n) is 12.5. The van der Waals surface area contributed by atoms with Crippen LogP contribution in [0.15, 0.2) is 0 Å². The van der Waals surface area contributed by atoms with Gasteiger partial charge in [-0.1, -0.05) is 6.92 Å². The van der Waals surface area contributed by atoms with E-state index in [2.05, 4.69) is 5.32 Å². The molecule has 0 heterocycles. The number of nitrogens with one attached hydrogen (secondary N) is 1. The molecule has 5 nitrogen and oxygen atoms in total. The van der Waals surface area contributed by atoms with Crippen molar-refractivity contribution in [3.05, 3.63) is 0 Å². The van der Waals surface area contributed by atoms with Crippen molar-refractivity contribution in [1.29, 1.82) is 0 Å².